The Kier molecular flexibility index (Phi) is 11.1. The van der Waals surface area contributed by atoms with Gasteiger partial charge in [0.1, 0.15) is 30.2 Å². The summed E-state index contributed by atoms with van der Waals surface area (Å²) in [5.74, 6) is 1.10. The Morgan fingerprint density at radius 1 is 1.15 bits per heavy atom. The molecule has 7 N–H and O–H groups in total. The number of aliphatic hydroxyl groups is 4. The van der Waals surface area contributed by atoms with Crippen molar-refractivity contribution in [1.82, 2.24) is 10.2 Å². The Labute approximate surface area is 229 Å². The maximum absolute atomic E-state index is 11.0. The van der Waals surface area contributed by atoms with Crippen LogP contribution in [0.5, 0.6) is 11.6 Å². The number of carbonyl (C=O) groups is 1. The molecule has 1 aromatic carbocycles. The summed E-state index contributed by atoms with van der Waals surface area (Å²) in [5.41, 5.74) is 8.95. The maximum Gasteiger partial charge on any atom is 0.238 e. The number of nitrogens with two attached hydrogens (primary N) is 1. The van der Waals surface area contributed by atoms with E-state index in [-0.39, 0.29) is 23.6 Å². The lowest BCUT2D eigenvalue weighted by atomic mass is 9.96. The van der Waals surface area contributed by atoms with E-state index in [1.54, 1.807) is 0 Å². The number of benzene rings is 1. The van der Waals surface area contributed by atoms with Gasteiger partial charge in [-0.05, 0) is 54.9 Å². The first kappa shape index (κ1) is 30.8. The number of primary amides is 1. The Morgan fingerprint density at radius 2 is 1.90 bits per heavy atom. The monoisotopic (exact) mass is 549 g/mol. The second kappa shape index (κ2) is 14.1. The summed E-state index contributed by atoms with van der Waals surface area (Å²) in [4.78, 5) is 11.0. The van der Waals surface area contributed by atoms with E-state index in [1.165, 1.54) is 0 Å². The first-order valence-corrected chi connectivity index (χ1v) is 13.6. The quantitative estimate of drug-likeness (QED) is 0.191. The van der Waals surface area contributed by atoms with Gasteiger partial charge in [-0.1, -0.05) is 33.3 Å². The molecule has 39 heavy (non-hydrogen) atoms. The normalized spacial score (nSPS) is 24.1. The molecule has 218 valence electrons. The molecule has 11 nitrogen and oxygen atoms in total. The first-order valence-electron chi connectivity index (χ1n) is 13.6. The molecule has 1 fully saturated rings. The largest absolute Gasteiger partial charge is 0.494 e. The molecule has 1 amide bonds. The summed E-state index contributed by atoms with van der Waals surface area (Å²) < 4.78 is 17.3. The number of aromatic amines is 1. The summed E-state index contributed by atoms with van der Waals surface area (Å²) in [5, 5.41) is 47.4. The number of aryl methyl sites for hydroxylation is 1. The summed E-state index contributed by atoms with van der Waals surface area (Å²) in [6.07, 6.45) is -3.26. The molecule has 1 aliphatic heterocycles. The van der Waals surface area contributed by atoms with Gasteiger partial charge in [0.2, 0.25) is 18.1 Å². The molecule has 11 heteroatoms. The summed E-state index contributed by atoms with van der Waals surface area (Å²) in [6.45, 7) is 8.11. The van der Waals surface area contributed by atoms with Gasteiger partial charge in [-0.15, -0.1) is 5.10 Å². The Hall–Kier alpha value is -2.70. The number of hydrogen-bond acceptors (Lipinski definition) is 9. The minimum absolute atomic E-state index is 0.105. The van der Waals surface area contributed by atoms with Crippen LogP contribution >= 0.6 is 0 Å². The smallest absolute Gasteiger partial charge is 0.238 e. The van der Waals surface area contributed by atoms with Gasteiger partial charge in [0.25, 0.3) is 0 Å². The fourth-order valence-electron chi connectivity index (χ4n) is 4.76. The lowest BCUT2D eigenvalue weighted by Crippen LogP contribution is -2.60. The van der Waals surface area contributed by atoms with E-state index in [0.29, 0.717) is 19.4 Å². The number of aromatic nitrogens is 2. The van der Waals surface area contributed by atoms with Crippen LogP contribution in [0.1, 0.15) is 74.8 Å². The Morgan fingerprint density at radius 3 is 2.54 bits per heavy atom. The number of H-pyrrole nitrogens is 1. The van der Waals surface area contributed by atoms with Crippen LogP contribution in [0.3, 0.4) is 0 Å². The van der Waals surface area contributed by atoms with Gasteiger partial charge in [0, 0.05) is 24.1 Å². The first-order chi connectivity index (χ1) is 18.5. The third kappa shape index (κ3) is 8.15. The number of ether oxygens (including phenoxy) is 3. The van der Waals surface area contributed by atoms with Crippen molar-refractivity contribution in [2.24, 2.45) is 11.7 Å². The second-order valence-corrected chi connectivity index (χ2v) is 10.8. The number of unbranched alkanes of at least 4 members (excludes halogenated alkanes) is 1. The lowest BCUT2D eigenvalue weighted by molar-refractivity contribution is -0.278. The zero-order valence-electron chi connectivity index (χ0n) is 23.2. The van der Waals surface area contributed by atoms with E-state index >= 15 is 0 Å². The second-order valence-electron chi connectivity index (χ2n) is 10.8. The van der Waals surface area contributed by atoms with Crippen LogP contribution in [0, 0.1) is 12.8 Å². The number of nitrogens with one attached hydrogen (secondary N) is 1. The molecule has 1 aromatic heterocycles. The molecule has 1 unspecified atom stereocenters. The van der Waals surface area contributed by atoms with Crippen molar-refractivity contribution in [1.29, 1.82) is 0 Å². The summed E-state index contributed by atoms with van der Waals surface area (Å²) in [6, 6.07) is 5.90. The molecule has 0 saturated carbocycles. The van der Waals surface area contributed by atoms with E-state index in [9.17, 15) is 25.2 Å². The predicted molar refractivity (Wildman–Crippen MR) is 143 cm³/mol. The fraction of sp³-hybridized carbons (Fsp3) is 0.643. The average Bonchev–Trinajstić information content (AvgIpc) is 3.27. The maximum atomic E-state index is 11.0. The third-order valence-electron chi connectivity index (χ3n) is 7.11. The number of nitrogens with zero attached hydrogens (tertiary/aromatic N) is 1. The molecule has 6 atom stereocenters. The molecule has 1 aliphatic rings. The highest BCUT2D eigenvalue weighted by molar-refractivity contribution is 5.73. The molecule has 1 saturated heterocycles. The number of amides is 1. The van der Waals surface area contributed by atoms with E-state index < -0.39 is 37.3 Å². The van der Waals surface area contributed by atoms with Crippen molar-refractivity contribution in [3.8, 4) is 11.6 Å². The number of carbonyl (C=O) groups excluding carboxylic acids is 1. The third-order valence-corrected chi connectivity index (χ3v) is 7.11. The van der Waals surface area contributed by atoms with Crippen LogP contribution in [0.2, 0.25) is 0 Å². The van der Waals surface area contributed by atoms with Gasteiger partial charge in [0.15, 0.2) is 0 Å². The van der Waals surface area contributed by atoms with Gasteiger partial charge < -0.3 is 40.4 Å². The summed E-state index contributed by atoms with van der Waals surface area (Å²) >= 11 is 0. The van der Waals surface area contributed by atoms with Gasteiger partial charge in [-0.2, -0.15) is 0 Å². The molecular weight excluding hydrogens is 506 g/mol. The van der Waals surface area contributed by atoms with E-state index in [4.69, 9.17) is 19.9 Å². The zero-order chi connectivity index (χ0) is 28.7. The molecule has 0 bridgehead atoms. The van der Waals surface area contributed by atoms with Crippen molar-refractivity contribution >= 4 is 5.91 Å². The average molecular weight is 550 g/mol. The lowest BCUT2D eigenvalue weighted by Gasteiger charge is -2.39. The highest BCUT2D eigenvalue weighted by Gasteiger charge is 2.45. The molecular formula is C28H43N3O8. The van der Waals surface area contributed by atoms with Crippen LogP contribution in [0.4, 0.5) is 0 Å². The van der Waals surface area contributed by atoms with Crippen LogP contribution in [-0.2, 0) is 16.0 Å². The van der Waals surface area contributed by atoms with Crippen LogP contribution < -0.4 is 15.2 Å². The standard InChI is InChI=1S/C28H43N3O8/c1-15(2)23-20(27(31-30-23)39-28-26(36)25(35)24(34)21(14-32)38-28)13-18-8-9-19(12-17(18)4)37-10-6-5-7-16(3)11-22(29)33/h8-9,12,15-16,21,24-26,28,32,34-36H,5-7,10-11,13-14H2,1-4H3,(H2,29,33)(H,30,31)/t16?,21-,24-,25+,26-,28+/m1/s1. The molecule has 0 aliphatic carbocycles. The Balaban J connectivity index is 1.65. The number of hydrogen-bond donors (Lipinski definition) is 6. The Bertz CT molecular complexity index is 1070. The van der Waals surface area contributed by atoms with Crippen molar-refractivity contribution in [2.75, 3.05) is 13.2 Å². The predicted octanol–water partition coefficient (Wildman–Crippen LogP) is 1.67. The number of aliphatic hydroxyl groups excluding tert-OH is 4. The van der Waals surface area contributed by atoms with Crippen molar-refractivity contribution in [2.45, 2.75) is 96.4 Å². The van der Waals surface area contributed by atoms with E-state index in [0.717, 1.165) is 47.4 Å². The zero-order valence-corrected chi connectivity index (χ0v) is 23.2. The van der Waals surface area contributed by atoms with Gasteiger partial charge in [-0.3, -0.25) is 9.89 Å². The minimum Gasteiger partial charge on any atom is -0.494 e. The highest BCUT2D eigenvalue weighted by atomic mass is 16.7. The van der Waals surface area contributed by atoms with Gasteiger partial charge >= 0.3 is 0 Å². The highest BCUT2D eigenvalue weighted by Crippen LogP contribution is 2.32. The topological polar surface area (TPSA) is 180 Å². The van der Waals surface area contributed by atoms with Crippen molar-refractivity contribution in [3.63, 3.8) is 0 Å². The van der Waals surface area contributed by atoms with Crippen molar-refractivity contribution in [3.05, 3.63) is 40.6 Å². The van der Waals surface area contributed by atoms with Gasteiger partial charge in [0.05, 0.1) is 13.2 Å². The van der Waals surface area contributed by atoms with Crippen LogP contribution in [0.25, 0.3) is 0 Å². The fourth-order valence-corrected chi connectivity index (χ4v) is 4.76. The molecule has 3 rings (SSSR count). The SMILES string of the molecule is Cc1cc(OCCCCC(C)CC(N)=O)ccc1Cc1c(O[C@@H]2O[C@H](CO)[C@@H](O)[C@H](O)[C@H]2O)n[nH]c1C(C)C. The van der Waals surface area contributed by atoms with Gasteiger partial charge in [-0.25, -0.2) is 0 Å². The molecule has 0 radical (unpaired) electrons. The van der Waals surface area contributed by atoms with Crippen LogP contribution in [-0.4, -0.2) is 80.5 Å². The molecule has 2 heterocycles. The van der Waals surface area contributed by atoms with Crippen LogP contribution in [0.15, 0.2) is 18.2 Å². The molecule has 0 spiro atoms. The summed E-state index contributed by atoms with van der Waals surface area (Å²) in [7, 11) is 0. The van der Waals surface area contributed by atoms with E-state index in [1.807, 2.05) is 45.9 Å². The molecule has 2 aromatic rings. The van der Waals surface area contributed by atoms with E-state index in [2.05, 4.69) is 10.2 Å². The minimum atomic E-state index is -1.54. The number of rotatable bonds is 14. The van der Waals surface area contributed by atoms with Crippen molar-refractivity contribution < 1.29 is 39.4 Å².